The Balaban J connectivity index is 1.40. The number of rotatable bonds is 9. The van der Waals surface area contributed by atoms with E-state index < -0.39 is 0 Å². The molecule has 0 radical (unpaired) electrons. The lowest BCUT2D eigenvalue weighted by Gasteiger charge is -2.11. The van der Waals surface area contributed by atoms with Crippen LogP contribution in [0.1, 0.15) is 23.5 Å². The molecule has 2 aromatic carbocycles. The van der Waals surface area contributed by atoms with Gasteiger partial charge in [0.15, 0.2) is 11.5 Å². The molecule has 0 bridgehead atoms. The quantitative estimate of drug-likeness (QED) is 0.350. The molecule has 2 aromatic heterocycles. The summed E-state index contributed by atoms with van der Waals surface area (Å²) in [5, 5.41) is 2.12. The summed E-state index contributed by atoms with van der Waals surface area (Å²) >= 11 is 1.78. The normalized spacial score (nSPS) is 11.0. The first-order valence-corrected chi connectivity index (χ1v) is 10.5. The van der Waals surface area contributed by atoms with Gasteiger partial charge in [-0.2, -0.15) is 0 Å². The van der Waals surface area contributed by atoms with Crippen LogP contribution >= 0.6 is 11.3 Å². The van der Waals surface area contributed by atoms with E-state index in [2.05, 4.69) is 46.3 Å². The zero-order valence-electron chi connectivity index (χ0n) is 16.0. The molecule has 0 spiro atoms. The Morgan fingerprint density at radius 3 is 2.57 bits per heavy atom. The molecular formula is C23H24N2O2S. The van der Waals surface area contributed by atoms with E-state index in [1.165, 1.54) is 10.4 Å². The van der Waals surface area contributed by atoms with Gasteiger partial charge in [0.2, 0.25) is 0 Å². The second-order valence-corrected chi connectivity index (χ2v) is 7.66. The van der Waals surface area contributed by atoms with E-state index in [-0.39, 0.29) is 0 Å². The summed E-state index contributed by atoms with van der Waals surface area (Å²) in [6.45, 7) is 1.61. The lowest BCUT2D eigenvalue weighted by atomic mass is 10.2. The van der Waals surface area contributed by atoms with Crippen LogP contribution in [-0.2, 0) is 13.0 Å². The minimum atomic E-state index is 0.674. The van der Waals surface area contributed by atoms with Crippen LogP contribution in [0.25, 0.3) is 11.0 Å². The van der Waals surface area contributed by atoms with Gasteiger partial charge in [-0.1, -0.05) is 30.3 Å². The molecule has 0 amide bonds. The number of fused-ring (bicyclic) bond motifs is 1. The number of nitrogens with zero attached hydrogens (tertiary/aromatic N) is 2. The second kappa shape index (κ2) is 8.93. The van der Waals surface area contributed by atoms with Gasteiger partial charge in [0, 0.05) is 17.8 Å². The molecule has 4 aromatic rings. The number of aryl methyl sites for hydroxylation is 1. The van der Waals surface area contributed by atoms with E-state index in [0.717, 1.165) is 48.6 Å². The number of unbranched alkanes of at least 4 members (excludes halogenated alkanes) is 1. The highest BCUT2D eigenvalue weighted by Crippen LogP contribution is 2.26. The van der Waals surface area contributed by atoms with Gasteiger partial charge < -0.3 is 14.0 Å². The van der Waals surface area contributed by atoms with Gasteiger partial charge >= 0.3 is 0 Å². The van der Waals surface area contributed by atoms with Gasteiger partial charge in [0.05, 0.1) is 24.8 Å². The van der Waals surface area contributed by atoms with Crippen molar-refractivity contribution in [1.29, 1.82) is 0 Å². The molecule has 0 saturated heterocycles. The highest BCUT2D eigenvalue weighted by Gasteiger charge is 2.11. The Labute approximate surface area is 169 Å². The smallest absolute Gasteiger partial charge is 0.161 e. The van der Waals surface area contributed by atoms with Crippen LogP contribution < -0.4 is 9.47 Å². The van der Waals surface area contributed by atoms with Gasteiger partial charge in [0.1, 0.15) is 5.82 Å². The van der Waals surface area contributed by atoms with Crippen molar-refractivity contribution in [2.24, 2.45) is 0 Å². The monoisotopic (exact) mass is 392 g/mol. The van der Waals surface area contributed by atoms with Crippen molar-refractivity contribution < 1.29 is 9.47 Å². The molecule has 4 rings (SSSR count). The third-order valence-corrected chi connectivity index (χ3v) is 5.63. The Bertz CT molecular complexity index is 1020. The van der Waals surface area contributed by atoms with E-state index in [4.69, 9.17) is 14.5 Å². The Kier molecular flexibility index (Phi) is 5.92. The first kappa shape index (κ1) is 18.6. The maximum absolute atomic E-state index is 5.90. The van der Waals surface area contributed by atoms with E-state index in [0.29, 0.717) is 6.61 Å². The SMILES string of the molecule is COc1ccccc1OCCCCn1c(Cc2cccs2)nc2ccccc21. The van der Waals surface area contributed by atoms with Crippen LogP contribution in [0.2, 0.25) is 0 Å². The highest BCUT2D eigenvalue weighted by atomic mass is 32.1. The average molecular weight is 393 g/mol. The first-order valence-electron chi connectivity index (χ1n) is 9.57. The summed E-state index contributed by atoms with van der Waals surface area (Å²) in [5.41, 5.74) is 2.28. The first-order chi connectivity index (χ1) is 13.8. The fourth-order valence-electron chi connectivity index (χ4n) is 3.37. The molecule has 0 fully saturated rings. The number of benzene rings is 2. The molecule has 0 aliphatic heterocycles. The number of hydrogen-bond acceptors (Lipinski definition) is 4. The minimum Gasteiger partial charge on any atom is -0.493 e. The van der Waals surface area contributed by atoms with E-state index in [9.17, 15) is 0 Å². The van der Waals surface area contributed by atoms with Crippen LogP contribution in [0.3, 0.4) is 0 Å². The molecule has 4 nitrogen and oxygen atoms in total. The zero-order chi connectivity index (χ0) is 19.2. The molecular weight excluding hydrogens is 368 g/mol. The number of methoxy groups -OCH3 is 1. The molecule has 0 unspecified atom stereocenters. The molecule has 0 atom stereocenters. The van der Waals surface area contributed by atoms with Crippen molar-refractivity contribution in [3.8, 4) is 11.5 Å². The number of imidazole rings is 1. The minimum absolute atomic E-state index is 0.674. The van der Waals surface area contributed by atoms with E-state index in [1.54, 1.807) is 18.4 Å². The standard InChI is InChI=1S/C23H24N2O2S/c1-26-21-12-4-5-13-22(21)27-15-7-6-14-25-20-11-3-2-10-19(20)24-23(25)17-18-9-8-16-28-18/h2-5,8-13,16H,6-7,14-15,17H2,1H3. The molecule has 0 aliphatic carbocycles. The predicted octanol–water partition coefficient (Wildman–Crippen LogP) is 5.56. The van der Waals surface area contributed by atoms with Crippen molar-refractivity contribution in [1.82, 2.24) is 9.55 Å². The fourth-order valence-corrected chi connectivity index (χ4v) is 4.07. The maximum Gasteiger partial charge on any atom is 0.161 e. The Hall–Kier alpha value is -2.79. The number of thiophene rings is 1. The molecule has 0 N–H and O–H groups in total. The predicted molar refractivity (Wildman–Crippen MR) is 115 cm³/mol. The van der Waals surface area contributed by atoms with Crippen molar-refractivity contribution >= 4 is 22.4 Å². The summed E-state index contributed by atoms with van der Waals surface area (Å²) in [6, 6.07) is 20.4. The van der Waals surface area contributed by atoms with Crippen molar-refractivity contribution in [3.05, 3.63) is 76.7 Å². The zero-order valence-corrected chi connectivity index (χ0v) is 16.8. The second-order valence-electron chi connectivity index (χ2n) is 6.63. The fraction of sp³-hybridized carbons (Fsp3) is 0.261. The molecule has 2 heterocycles. The highest BCUT2D eigenvalue weighted by molar-refractivity contribution is 7.09. The van der Waals surface area contributed by atoms with Gasteiger partial charge in [0.25, 0.3) is 0 Å². The van der Waals surface area contributed by atoms with Crippen molar-refractivity contribution in [2.75, 3.05) is 13.7 Å². The third kappa shape index (κ3) is 4.20. The average Bonchev–Trinajstić information content (AvgIpc) is 3.36. The van der Waals surface area contributed by atoms with Crippen molar-refractivity contribution in [2.45, 2.75) is 25.8 Å². The topological polar surface area (TPSA) is 36.3 Å². The number of hydrogen-bond donors (Lipinski definition) is 0. The van der Waals surface area contributed by atoms with Crippen LogP contribution in [0.4, 0.5) is 0 Å². The van der Waals surface area contributed by atoms with Crippen LogP contribution in [0, 0.1) is 0 Å². The third-order valence-electron chi connectivity index (χ3n) is 4.75. The maximum atomic E-state index is 5.90. The number of para-hydroxylation sites is 4. The summed E-state index contributed by atoms with van der Waals surface area (Å²) in [6.07, 6.45) is 2.89. The van der Waals surface area contributed by atoms with Crippen molar-refractivity contribution in [3.63, 3.8) is 0 Å². The van der Waals surface area contributed by atoms with E-state index >= 15 is 0 Å². The molecule has 144 valence electrons. The molecule has 0 aliphatic rings. The summed E-state index contributed by atoms with van der Waals surface area (Å²) in [7, 11) is 1.67. The Morgan fingerprint density at radius 2 is 1.75 bits per heavy atom. The summed E-state index contributed by atoms with van der Waals surface area (Å²) in [5.74, 6) is 2.71. The lowest BCUT2D eigenvalue weighted by molar-refractivity contribution is 0.284. The van der Waals surface area contributed by atoms with Gasteiger partial charge in [-0.3, -0.25) is 0 Å². The van der Waals surface area contributed by atoms with E-state index in [1.807, 2.05) is 24.3 Å². The van der Waals surface area contributed by atoms with Crippen LogP contribution in [0.5, 0.6) is 11.5 Å². The molecule has 28 heavy (non-hydrogen) atoms. The number of aromatic nitrogens is 2. The van der Waals surface area contributed by atoms with Gasteiger partial charge in [-0.15, -0.1) is 11.3 Å². The molecule has 0 saturated carbocycles. The molecule has 5 heteroatoms. The van der Waals surface area contributed by atoms with Gasteiger partial charge in [-0.25, -0.2) is 4.98 Å². The summed E-state index contributed by atoms with van der Waals surface area (Å²) < 4.78 is 13.6. The summed E-state index contributed by atoms with van der Waals surface area (Å²) in [4.78, 5) is 6.22. The largest absolute Gasteiger partial charge is 0.493 e. The lowest BCUT2D eigenvalue weighted by Crippen LogP contribution is -2.06. The number of ether oxygens (including phenoxy) is 2. The Morgan fingerprint density at radius 1 is 0.929 bits per heavy atom. The van der Waals surface area contributed by atoms with Crippen LogP contribution in [-0.4, -0.2) is 23.3 Å². The van der Waals surface area contributed by atoms with Crippen LogP contribution in [0.15, 0.2) is 66.0 Å². The van der Waals surface area contributed by atoms with Gasteiger partial charge in [-0.05, 0) is 48.6 Å².